The largest absolute Gasteiger partial charge is 0.469 e. The van der Waals surface area contributed by atoms with E-state index in [9.17, 15) is 0 Å². The Balaban J connectivity index is 1.78. The summed E-state index contributed by atoms with van der Waals surface area (Å²) in [7, 11) is 0. The normalized spacial score (nSPS) is 11.3. The van der Waals surface area contributed by atoms with Crippen molar-refractivity contribution in [1.82, 2.24) is 15.6 Å². The fourth-order valence-corrected chi connectivity index (χ4v) is 2.00. The highest BCUT2D eigenvalue weighted by Crippen LogP contribution is 1.99. The highest BCUT2D eigenvalue weighted by molar-refractivity contribution is 5.79. The van der Waals surface area contributed by atoms with Crippen molar-refractivity contribution in [2.45, 2.75) is 19.8 Å². The maximum Gasteiger partial charge on any atom is 0.191 e. The lowest BCUT2D eigenvalue weighted by Crippen LogP contribution is -2.39. The maximum absolute atomic E-state index is 5.33. The Morgan fingerprint density at radius 1 is 1.17 bits per heavy atom. The molecule has 0 aliphatic rings. The van der Waals surface area contributed by atoms with Crippen LogP contribution in [0.2, 0.25) is 0 Å². The number of rotatable bonds is 8. The standard InChI is InChI=1S/C18H24N4O/c1-15(2)14-22-18(21-12-9-17-7-5-13-23-17)20-11-8-16-6-3-4-10-19-16/h3-7,10,13H,1,8-9,11-12,14H2,2H3,(H2,20,21,22). The van der Waals surface area contributed by atoms with Crippen LogP contribution in [0, 0.1) is 0 Å². The summed E-state index contributed by atoms with van der Waals surface area (Å²) in [5.74, 6) is 1.75. The molecule has 0 fully saturated rings. The van der Waals surface area contributed by atoms with Gasteiger partial charge < -0.3 is 15.1 Å². The molecule has 0 amide bonds. The van der Waals surface area contributed by atoms with Gasteiger partial charge in [0.25, 0.3) is 0 Å². The van der Waals surface area contributed by atoms with Gasteiger partial charge in [-0.1, -0.05) is 18.2 Å². The molecule has 0 spiro atoms. The number of furan rings is 1. The summed E-state index contributed by atoms with van der Waals surface area (Å²) in [5, 5.41) is 6.65. The molecular weight excluding hydrogens is 288 g/mol. The van der Waals surface area contributed by atoms with E-state index in [-0.39, 0.29) is 0 Å². The third-order valence-corrected chi connectivity index (χ3v) is 3.15. The zero-order valence-corrected chi connectivity index (χ0v) is 13.6. The number of nitrogens with zero attached hydrogens (tertiary/aromatic N) is 2. The van der Waals surface area contributed by atoms with Crippen molar-refractivity contribution in [2.75, 3.05) is 19.6 Å². The molecule has 0 bridgehead atoms. The fourth-order valence-electron chi connectivity index (χ4n) is 2.00. The predicted octanol–water partition coefficient (Wildman–Crippen LogP) is 2.57. The summed E-state index contributed by atoms with van der Waals surface area (Å²) in [4.78, 5) is 8.84. The minimum Gasteiger partial charge on any atom is -0.469 e. The van der Waals surface area contributed by atoms with Crippen LogP contribution in [0.5, 0.6) is 0 Å². The van der Waals surface area contributed by atoms with E-state index in [0.29, 0.717) is 6.54 Å². The highest BCUT2D eigenvalue weighted by atomic mass is 16.3. The number of guanidine groups is 1. The van der Waals surface area contributed by atoms with Crippen molar-refractivity contribution in [3.05, 3.63) is 66.4 Å². The van der Waals surface area contributed by atoms with Crippen LogP contribution in [0.15, 0.2) is 64.4 Å². The van der Waals surface area contributed by atoms with Crippen molar-refractivity contribution in [2.24, 2.45) is 4.99 Å². The molecule has 0 unspecified atom stereocenters. The first-order valence-corrected chi connectivity index (χ1v) is 7.83. The number of nitrogens with one attached hydrogen (secondary N) is 2. The van der Waals surface area contributed by atoms with Gasteiger partial charge in [0.2, 0.25) is 0 Å². The van der Waals surface area contributed by atoms with Crippen molar-refractivity contribution < 1.29 is 4.42 Å². The summed E-state index contributed by atoms with van der Waals surface area (Å²) in [6, 6.07) is 9.82. The van der Waals surface area contributed by atoms with Crippen LogP contribution < -0.4 is 10.6 Å². The summed E-state index contributed by atoms with van der Waals surface area (Å²) in [5.41, 5.74) is 2.09. The van der Waals surface area contributed by atoms with Crippen molar-refractivity contribution in [1.29, 1.82) is 0 Å². The van der Waals surface area contributed by atoms with Crippen LogP contribution >= 0.6 is 0 Å². The van der Waals surface area contributed by atoms with Gasteiger partial charge in [0, 0.05) is 37.8 Å². The smallest absolute Gasteiger partial charge is 0.191 e. The van der Waals surface area contributed by atoms with Crippen LogP contribution in [-0.2, 0) is 12.8 Å². The van der Waals surface area contributed by atoms with Crippen LogP contribution in [0.3, 0.4) is 0 Å². The minimum atomic E-state index is 0.611. The minimum absolute atomic E-state index is 0.611. The van der Waals surface area contributed by atoms with E-state index in [1.807, 2.05) is 43.5 Å². The molecule has 23 heavy (non-hydrogen) atoms. The Kier molecular flexibility index (Phi) is 6.91. The third-order valence-electron chi connectivity index (χ3n) is 3.15. The molecule has 0 atom stereocenters. The Hall–Kier alpha value is -2.56. The van der Waals surface area contributed by atoms with E-state index < -0.39 is 0 Å². The zero-order valence-electron chi connectivity index (χ0n) is 13.6. The molecular formula is C18H24N4O. The molecule has 122 valence electrons. The molecule has 2 aromatic heterocycles. The first kappa shape index (κ1) is 16.8. The molecule has 0 aliphatic heterocycles. The van der Waals surface area contributed by atoms with E-state index in [0.717, 1.165) is 48.9 Å². The fraction of sp³-hybridized carbons (Fsp3) is 0.333. The van der Waals surface area contributed by atoms with Gasteiger partial charge in [-0.15, -0.1) is 0 Å². The number of aliphatic imine (C=N–C) groups is 1. The van der Waals surface area contributed by atoms with Gasteiger partial charge in [-0.3, -0.25) is 4.98 Å². The van der Waals surface area contributed by atoms with Crippen molar-refractivity contribution in [3.63, 3.8) is 0 Å². The third kappa shape index (κ3) is 6.82. The topological polar surface area (TPSA) is 62.5 Å². The van der Waals surface area contributed by atoms with E-state index in [1.54, 1.807) is 6.26 Å². The lowest BCUT2D eigenvalue weighted by Gasteiger charge is -2.12. The van der Waals surface area contributed by atoms with Crippen molar-refractivity contribution >= 4 is 5.96 Å². The van der Waals surface area contributed by atoms with Gasteiger partial charge in [0.05, 0.1) is 12.8 Å². The van der Waals surface area contributed by atoms with Gasteiger partial charge in [-0.05, 0) is 31.2 Å². The second-order valence-electron chi connectivity index (χ2n) is 5.38. The Morgan fingerprint density at radius 3 is 2.65 bits per heavy atom. The van der Waals surface area contributed by atoms with Gasteiger partial charge in [-0.2, -0.15) is 0 Å². The van der Waals surface area contributed by atoms with E-state index in [4.69, 9.17) is 4.42 Å². The Morgan fingerprint density at radius 2 is 2.00 bits per heavy atom. The second-order valence-corrected chi connectivity index (χ2v) is 5.38. The number of hydrogen-bond acceptors (Lipinski definition) is 3. The number of hydrogen-bond donors (Lipinski definition) is 2. The average Bonchev–Trinajstić information content (AvgIpc) is 3.06. The summed E-state index contributed by atoms with van der Waals surface area (Å²) < 4.78 is 5.33. The molecule has 0 radical (unpaired) electrons. The first-order chi connectivity index (χ1) is 11.2. The van der Waals surface area contributed by atoms with Gasteiger partial charge in [0.1, 0.15) is 5.76 Å². The Labute approximate surface area is 137 Å². The van der Waals surface area contributed by atoms with Crippen LogP contribution in [0.4, 0.5) is 0 Å². The lowest BCUT2D eigenvalue weighted by molar-refractivity contribution is 0.507. The summed E-state index contributed by atoms with van der Waals surface area (Å²) in [6.07, 6.45) is 5.18. The molecule has 0 aliphatic carbocycles. The van der Waals surface area contributed by atoms with E-state index in [1.165, 1.54) is 0 Å². The molecule has 0 aromatic carbocycles. The summed E-state index contributed by atoms with van der Waals surface area (Å²) >= 11 is 0. The van der Waals surface area contributed by atoms with Gasteiger partial charge >= 0.3 is 0 Å². The zero-order chi connectivity index (χ0) is 16.3. The monoisotopic (exact) mass is 312 g/mol. The lowest BCUT2D eigenvalue weighted by atomic mass is 10.3. The molecule has 2 rings (SSSR count). The first-order valence-electron chi connectivity index (χ1n) is 7.83. The molecule has 5 nitrogen and oxygen atoms in total. The van der Waals surface area contributed by atoms with Gasteiger partial charge in [0.15, 0.2) is 5.96 Å². The SMILES string of the molecule is C=C(C)CN=C(NCCc1ccccn1)NCCc1ccco1. The number of aromatic nitrogens is 1. The second kappa shape index (κ2) is 9.46. The van der Waals surface area contributed by atoms with Crippen LogP contribution in [0.25, 0.3) is 0 Å². The van der Waals surface area contributed by atoms with Crippen molar-refractivity contribution in [3.8, 4) is 0 Å². The molecule has 2 heterocycles. The predicted molar refractivity (Wildman–Crippen MR) is 93.5 cm³/mol. The Bertz CT molecular complexity index is 605. The van der Waals surface area contributed by atoms with E-state index >= 15 is 0 Å². The average molecular weight is 312 g/mol. The molecule has 5 heteroatoms. The van der Waals surface area contributed by atoms with E-state index in [2.05, 4.69) is 27.2 Å². The van der Waals surface area contributed by atoms with Crippen LogP contribution in [0.1, 0.15) is 18.4 Å². The molecule has 0 saturated heterocycles. The molecule has 2 aromatic rings. The van der Waals surface area contributed by atoms with Gasteiger partial charge in [-0.25, -0.2) is 4.99 Å². The summed E-state index contributed by atoms with van der Waals surface area (Å²) in [6.45, 7) is 8.01. The number of pyridine rings is 1. The molecule has 2 N–H and O–H groups in total. The maximum atomic E-state index is 5.33. The van der Waals surface area contributed by atoms with Crippen LogP contribution in [-0.4, -0.2) is 30.6 Å². The molecule has 0 saturated carbocycles. The highest BCUT2D eigenvalue weighted by Gasteiger charge is 2.01. The quantitative estimate of drug-likeness (QED) is 0.447.